The minimum atomic E-state index is -0.474. The van der Waals surface area contributed by atoms with Gasteiger partial charge < -0.3 is 14.2 Å². The molecule has 5 heteroatoms. The summed E-state index contributed by atoms with van der Waals surface area (Å²) in [5, 5.41) is -0.474. The second-order valence-electron chi connectivity index (χ2n) is 3.43. The smallest absolute Gasteiger partial charge is 0.318 e. The summed E-state index contributed by atoms with van der Waals surface area (Å²) < 4.78 is 14.9. The lowest BCUT2D eigenvalue weighted by atomic mass is 10.1. The summed E-state index contributed by atoms with van der Waals surface area (Å²) in [6.07, 6.45) is 0.482. The summed E-state index contributed by atoms with van der Waals surface area (Å²) in [5.74, 6) is 0.948. The zero-order chi connectivity index (χ0) is 12.8. The van der Waals surface area contributed by atoms with E-state index < -0.39 is 5.25 Å². The molecule has 0 aliphatic heterocycles. The molecule has 0 amide bonds. The van der Waals surface area contributed by atoms with Crippen LogP contribution in [0.4, 0.5) is 0 Å². The van der Waals surface area contributed by atoms with Crippen LogP contribution in [-0.4, -0.2) is 32.5 Å². The van der Waals surface area contributed by atoms with E-state index in [0.717, 1.165) is 5.56 Å². The SMILES string of the molecule is COC(=O)C(S)Cc1ccc(OC)c(OC)c1. The van der Waals surface area contributed by atoms with E-state index in [1.807, 2.05) is 12.1 Å². The summed E-state index contributed by atoms with van der Waals surface area (Å²) >= 11 is 4.18. The first-order valence-corrected chi connectivity index (χ1v) is 5.60. The van der Waals surface area contributed by atoms with Gasteiger partial charge in [0.1, 0.15) is 5.25 Å². The Morgan fingerprint density at radius 1 is 1.24 bits per heavy atom. The van der Waals surface area contributed by atoms with Crippen molar-refractivity contribution < 1.29 is 19.0 Å². The fourth-order valence-electron chi connectivity index (χ4n) is 1.45. The first-order chi connectivity index (χ1) is 8.12. The summed E-state index contributed by atoms with van der Waals surface area (Å²) in [6, 6.07) is 5.49. The molecule has 1 unspecified atom stereocenters. The van der Waals surface area contributed by atoms with Crippen molar-refractivity contribution in [2.24, 2.45) is 0 Å². The molecule has 1 atom stereocenters. The number of esters is 1. The van der Waals surface area contributed by atoms with Crippen molar-refractivity contribution in [1.82, 2.24) is 0 Å². The molecule has 0 fully saturated rings. The first kappa shape index (κ1) is 13.7. The predicted octanol–water partition coefficient (Wildman–Crippen LogP) is 1.72. The molecule has 0 radical (unpaired) electrons. The molecule has 0 aromatic heterocycles. The van der Waals surface area contributed by atoms with Gasteiger partial charge in [0.15, 0.2) is 11.5 Å². The number of ether oxygens (including phenoxy) is 3. The van der Waals surface area contributed by atoms with Gasteiger partial charge in [0.05, 0.1) is 21.3 Å². The van der Waals surface area contributed by atoms with Gasteiger partial charge in [-0.3, -0.25) is 4.79 Å². The van der Waals surface area contributed by atoms with Crippen LogP contribution in [0.3, 0.4) is 0 Å². The Kier molecular flexibility index (Phi) is 5.15. The molecular formula is C12H16O4S. The lowest BCUT2D eigenvalue weighted by molar-refractivity contribution is -0.139. The molecule has 17 heavy (non-hydrogen) atoms. The highest BCUT2D eigenvalue weighted by Crippen LogP contribution is 2.28. The van der Waals surface area contributed by atoms with Crippen LogP contribution in [0, 0.1) is 0 Å². The second kappa shape index (κ2) is 6.39. The van der Waals surface area contributed by atoms with Crippen molar-refractivity contribution in [3.63, 3.8) is 0 Å². The Balaban J connectivity index is 2.82. The van der Waals surface area contributed by atoms with E-state index in [1.165, 1.54) is 7.11 Å². The van der Waals surface area contributed by atoms with Crippen LogP contribution >= 0.6 is 12.6 Å². The topological polar surface area (TPSA) is 44.8 Å². The van der Waals surface area contributed by atoms with Gasteiger partial charge in [0, 0.05) is 0 Å². The maximum absolute atomic E-state index is 11.2. The van der Waals surface area contributed by atoms with Gasteiger partial charge in [0.2, 0.25) is 0 Å². The summed E-state index contributed by atoms with van der Waals surface area (Å²) in [4.78, 5) is 11.2. The van der Waals surface area contributed by atoms with E-state index in [-0.39, 0.29) is 5.97 Å². The average Bonchev–Trinajstić information content (AvgIpc) is 2.37. The van der Waals surface area contributed by atoms with E-state index in [4.69, 9.17) is 9.47 Å². The predicted molar refractivity (Wildman–Crippen MR) is 68.0 cm³/mol. The van der Waals surface area contributed by atoms with Gasteiger partial charge in [0.25, 0.3) is 0 Å². The molecule has 1 aromatic carbocycles. The molecular weight excluding hydrogens is 240 g/mol. The number of methoxy groups -OCH3 is 3. The number of hydrogen-bond acceptors (Lipinski definition) is 5. The van der Waals surface area contributed by atoms with Gasteiger partial charge in [-0.2, -0.15) is 12.6 Å². The zero-order valence-electron chi connectivity index (χ0n) is 10.1. The highest BCUT2D eigenvalue weighted by Gasteiger charge is 2.15. The number of thiol groups is 1. The number of carbonyl (C=O) groups excluding carboxylic acids is 1. The van der Waals surface area contributed by atoms with Crippen LogP contribution in [0.5, 0.6) is 11.5 Å². The Bertz CT molecular complexity index is 392. The lowest BCUT2D eigenvalue weighted by Gasteiger charge is -2.11. The van der Waals surface area contributed by atoms with Crippen LogP contribution in [-0.2, 0) is 16.0 Å². The molecule has 0 bridgehead atoms. The maximum atomic E-state index is 11.2. The molecule has 0 aliphatic rings. The number of carbonyl (C=O) groups is 1. The average molecular weight is 256 g/mol. The van der Waals surface area contributed by atoms with Crippen LogP contribution in [0.2, 0.25) is 0 Å². The molecule has 0 spiro atoms. The fraction of sp³-hybridized carbons (Fsp3) is 0.417. The van der Waals surface area contributed by atoms with E-state index in [2.05, 4.69) is 17.4 Å². The minimum absolute atomic E-state index is 0.344. The van der Waals surface area contributed by atoms with E-state index >= 15 is 0 Å². The van der Waals surface area contributed by atoms with Crippen LogP contribution in [0.25, 0.3) is 0 Å². The van der Waals surface area contributed by atoms with Crippen LogP contribution in [0.1, 0.15) is 5.56 Å². The van der Waals surface area contributed by atoms with Gasteiger partial charge in [-0.05, 0) is 24.1 Å². The molecule has 94 valence electrons. The monoisotopic (exact) mass is 256 g/mol. The molecule has 0 N–H and O–H groups in total. The molecule has 0 saturated carbocycles. The molecule has 0 aliphatic carbocycles. The Morgan fingerprint density at radius 2 is 1.88 bits per heavy atom. The maximum Gasteiger partial charge on any atom is 0.318 e. The molecule has 1 aromatic rings. The zero-order valence-corrected chi connectivity index (χ0v) is 11.0. The number of hydrogen-bond donors (Lipinski definition) is 1. The fourth-order valence-corrected chi connectivity index (χ4v) is 1.77. The quantitative estimate of drug-likeness (QED) is 0.643. The second-order valence-corrected chi connectivity index (χ2v) is 4.06. The van der Waals surface area contributed by atoms with Crippen molar-refractivity contribution in [3.8, 4) is 11.5 Å². The largest absolute Gasteiger partial charge is 0.493 e. The number of rotatable bonds is 5. The Morgan fingerprint density at radius 3 is 2.41 bits per heavy atom. The summed E-state index contributed by atoms with van der Waals surface area (Å²) in [7, 11) is 4.49. The van der Waals surface area contributed by atoms with Gasteiger partial charge >= 0.3 is 5.97 Å². The molecule has 0 heterocycles. The summed E-state index contributed by atoms with van der Waals surface area (Å²) in [5.41, 5.74) is 0.938. The van der Waals surface area contributed by atoms with Crippen molar-refractivity contribution in [1.29, 1.82) is 0 Å². The van der Waals surface area contributed by atoms with Gasteiger partial charge in [-0.1, -0.05) is 6.07 Å². The van der Waals surface area contributed by atoms with Crippen LogP contribution in [0.15, 0.2) is 18.2 Å². The van der Waals surface area contributed by atoms with Crippen LogP contribution < -0.4 is 9.47 Å². The highest BCUT2D eigenvalue weighted by atomic mass is 32.1. The Hall–Kier alpha value is -1.36. The molecule has 0 saturated heterocycles. The van der Waals surface area contributed by atoms with Crippen molar-refractivity contribution in [3.05, 3.63) is 23.8 Å². The van der Waals surface area contributed by atoms with E-state index in [0.29, 0.717) is 17.9 Å². The van der Waals surface area contributed by atoms with Crippen molar-refractivity contribution in [2.45, 2.75) is 11.7 Å². The van der Waals surface area contributed by atoms with Gasteiger partial charge in [-0.15, -0.1) is 0 Å². The standard InChI is InChI=1S/C12H16O4S/c1-14-9-5-4-8(6-10(9)15-2)7-11(17)12(13)16-3/h4-6,11,17H,7H2,1-3H3. The van der Waals surface area contributed by atoms with E-state index in [1.54, 1.807) is 20.3 Å². The third kappa shape index (κ3) is 3.56. The third-order valence-electron chi connectivity index (χ3n) is 2.35. The third-order valence-corrected chi connectivity index (χ3v) is 2.74. The highest BCUT2D eigenvalue weighted by molar-refractivity contribution is 7.81. The minimum Gasteiger partial charge on any atom is -0.493 e. The normalized spacial score (nSPS) is 11.8. The van der Waals surface area contributed by atoms with E-state index in [9.17, 15) is 4.79 Å². The molecule has 4 nitrogen and oxygen atoms in total. The molecule has 1 rings (SSSR count). The summed E-state index contributed by atoms with van der Waals surface area (Å²) in [6.45, 7) is 0. The van der Waals surface area contributed by atoms with Crippen molar-refractivity contribution in [2.75, 3.05) is 21.3 Å². The van der Waals surface area contributed by atoms with Crippen molar-refractivity contribution >= 4 is 18.6 Å². The lowest BCUT2D eigenvalue weighted by Crippen LogP contribution is -2.18. The number of benzene rings is 1. The Labute approximate surface area is 106 Å². The van der Waals surface area contributed by atoms with Gasteiger partial charge in [-0.25, -0.2) is 0 Å². The first-order valence-electron chi connectivity index (χ1n) is 5.09.